The molecule has 192 valence electrons. The molecular formula is C26H30FN3O5S. The smallest absolute Gasteiger partial charge is 0.261 e. The topological polar surface area (TPSA) is 110 Å². The summed E-state index contributed by atoms with van der Waals surface area (Å²) in [5.41, 5.74) is 1.90. The van der Waals surface area contributed by atoms with Crippen molar-refractivity contribution in [1.29, 1.82) is 0 Å². The minimum absolute atomic E-state index is 0.0518. The van der Waals surface area contributed by atoms with Crippen LogP contribution in [0.5, 0.6) is 0 Å². The third-order valence-corrected chi connectivity index (χ3v) is 9.23. The molecule has 2 aromatic carbocycles. The molecule has 1 fully saturated rings. The fourth-order valence-electron chi connectivity index (χ4n) is 4.31. The van der Waals surface area contributed by atoms with E-state index in [4.69, 9.17) is 0 Å². The molecule has 0 spiro atoms. The molecule has 1 heterocycles. The van der Waals surface area contributed by atoms with Gasteiger partial charge in [-0.3, -0.25) is 19.1 Å². The largest absolute Gasteiger partial charge is 0.389 e. The number of aryl methyl sites for hydroxylation is 1. The van der Waals surface area contributed by atoms with Gasteiger partial charge in [-0.05, 0) is 56.5 Å². The van der Waals surface area contributed by atoms with Crippen molar-refractivity contribution in [2.24, 2.45) is 0 Å². The van der Waals surface area contributed by atoms with Crippen LogP contribution >= 0.6 is 0 Å². The number of Topliss-reactive ketones (excluding diaryl/α,β-unsaturated/α-hetero) is 1. The van der Waals surface area contributed by atoms with Gasteiger partial charge in [0, 0.05) is 31.0 Å². The van der Waals surface area contributed by atoms with Crippen molar-refractivity contribution < 1.29 is 22.7 Å². The van der Waals surface area contributed by atoms with Crippen molar-refractivity contribution in [2.75, 3.05) is 19.9 Å². The number of hydrogen-bond acceptors (Lipinski definition) is 7. The predicted molar refractivity (Wildman–Crippen MR) is 136 cm³/mol. The molecular weight excluding hydrogens is 485 g/mol. The highest BCUT2D eigenvalue weighted by atomic mass is 32.2. The number of aliphatic hydroxyl groups excluding tert-OH is 1. The number of carbonyl (C=O) groups is 1. The van der Waals surface area contributed by atoms with Gasteiger partial charge in [0.15, 0.2) is 15.6 Å². The first-order valence-electron chi connectivity index (χ1n) is 11.8. The number of ketones is 1. The van der Waals surface area contributed by atoms with Crippen molar-refractivity contribution in [1.82, 2.24) is 14.5 Å². The van der Waals surface area contributed by atoms with E-state index in [0.717, 1.165) is 29.0 Å². The maximum atomic E-state index is 15.1. The van der Waals surface area contributed by atoms with Crippen LogP contribution in [0.2, 0.25) is 0 Å². The molecule has 36 heavy (non-hydrogen) atoms. The minimum Gasteiger partial charge on any atom is -0.389 e. The Morgan fingerprint density at radius 1 is 1.25 bits per heavy atom. The van der Waals surface area contributed by atoms with Gasteiger partial charge in [-0.2, -0.15) is 0 Å². The van der Waals surface area contributed by atoms with E-state index in [1.54, 1.807) is 0 Å². The summed E-state index contributed by atoms with van der Waals surface area (Å²) in [5, 5.41) is 9.27. The number of aliphatic hydroxyl groups is 1. The Morgan fingerprint density at radius 3 is 2.50 bits per heavy atom. The Balaban J connectivity index is 1.59. The maximum Gasteiger partial charge on any atom is 0.261 e. The van der Waals surface area contributed by atoms with E-state index in [9.17, 15) is 23.1 Å². The van der Waals surface area contributed by atoms with Crippen LogP contribution in [0.25, 0.3) is 22.0 Å². The Labute approximate surface area is 209 Å². The quantitative estimate of drug-likeness (QED) is 0.442. The molecule has 1 saturated carbocycles. The van der Waals surface area contributed by atoms with Gasteiger partial charge < -0.3 is 5.11 Å². The minimum atomic E-state index is -3.86. The van der Waals surface area contributed by atoms with Crippen LogP contribution in [-0.2, 0) is 27.7 Å². The Morgan fingerprint density at radius 2 is 1.92 bits per heavy atom. The van der Waals surface area contributed by atoms with Crippen LogP contribution in [0.4, 0.5) is 4.39 Å². The summed E-state index contributed by atoms with van der Waals surface area (Å²) in [4.78, 5) is 31.7. The lowest BCUT2D eigenvalue weighted by atomic mass is 10.0. The second-order valence-corrected chi connectivity index (χ2v) is 12.2. The van der Waals surface area contributed by atoms with Crippen LogP contribution in [0, 0.1) is 5.82 Å². The summed E-state index contributed by atoms with van der Waals surface area (Å²) in [6, 6.07) is 11.0. The number of rotatable bonds is 10. The molecule has 1 aliphatic carbocycles. The van der Waals surface area contributed by atoms with Crippen LogP contribution in [0.3, 0.4) is 0 Å². The van der Waals surface area contributed by atoms with Crippen molar-refractivity contribution in [2.45, 2.75) is 50.1 Å². The highest BCUT2D eigenvalue weighted by molar-refractivity contribution is 7.92. The average Bonchev–Trinajstić information content (AvgIpc) is 3.68. The number of benzene rings is 2. The molecule has 0 saturated heterocycles. The van der Waals surface area contributed by atoms with Gasteiger partial charge in [0.1, 0.15) is 17.2 Å². The first-order chi connectivity index (χ1) is 16.9. The molecule has 0 aliphatic heterocycles. The van der Waals surface area contributed by atoms with Crippen molar-refractivity contribution in [3.05, 3.63) is 64.5 Å². The number of aromatic nitrogens is 2. The van der Waals surface area contributed by atoms with E-state index in [-0.39, 0.29) is 18.4 Å². The highest BCUT2D eigenvalue weighted by Gasteiger charge is 2.42. The van der Waals surface area contributed by atoms with E-state index in [1.165, 1.54) is 32.2 Å². The molecule has 4 rings (SSSR count). The van der Waals surface area contributed by atoms with E-state index in [0.29, 0.717) is 22.7 Å². The number of sulfone groups is 1. The number of fused-ring (bicyclic) bond motifs is 1. The average molecular weight is 516 g/mol. The third-order valence-electron chi connectivity index (χ3n) is 7.16. The van der Waals surface area contributed by atoms with Crippen molar-refractivity contribution in [3.63, 3.8) is 0 Å². The van der Waals surface area contributed by atoms with Crippen LogP contribution in [0.1, 0.15) is 31.7 Å². The van der Waals surface area contributed by atoms with Gasteiger partial charge in [-0.1, -0.05) is 24.3 Å². The van der Waals surface area contributed by atoms with E-state index >= 15 is 4.39 Å². The fraction of sp³-hybridized carbons (Fsp3) is 0.423. The SMILES string of the molecule is CN(Cc1ccc(-c2cc3ncn(CC[C@](C)(C(=O)CO)S(C)(=O)=O)c(=O)c3cc2F)cc1)C1CC1. The molecule has 0 bridgehead atoms. The van der Waals surface area contributed by atoms with Gasteiger partial charge in [0.2, 0.25) is 0 Å². The highest BCUT2D eigenvalue weighted by Crippen LogP contribution is 2.29. The number of nitrogens with zero attached hydrogens (tertiary/aromatic N) is 3. The van der Waals surface area contributed by atoms with Crippen molar-refractivity contribution in [3.8, 4) is 11.1 Å². The second-order valence-electron chi connectivity index (χ2n) is 9.77. The lowest BCUT2D eigenvalue weighted by Crippen LogP contribution is -2.46. The zero-order valence-electron chi connectivity index (χ0n) is 20.6. The standard InChI is InChI=1S/C26H30FN3O5S/c1-26(24(32)15-31,36(3,34)35)10-11-30-16-28-23-13-20(22(27)12-21(23)25(30)33)18-6-4-17(5-7-18)14-29(2)19-8-9-19/h4-7,12-13,16,19,31H,8-11,14-15H2,1-3H3/t26-/m1/s1. The lowest BCUT2D eigenvalue weighted by Gasteiger charge is -2.25. The molecule has 0 unspecified atom stereocenters. The summed E-state index contributed by atoms with van der Waals surface area (Å²) >= 11 is 0. The van der Waals surface area contributed by atoms with Crippen LogP contribution in [0.15, 0.2) is 47.5 Å². The molecule has 1 aromatic heterocycles. The van der Waals surface area contributed by atoms with Crippen molar-refractivity contribution >= 4 is 26.5 Å². The lowest BCUT2D eigenvalue weighted by molar-refractivity contribution is -0.124. The molecule has 8 nitrogen and oxygen atoms in total. The van der Waals surface area contributed by atoms with Gasteiger partial charge >= 0.3 is 0 Å². The molecule has 0 amide bonds. The summed E-state index contributed by atoms with van der Waals surface area (Å²) < 4.78 is 38.8. The number of halogens is 1. The summed E-state index contributed by atoms with van der Waals surface area (Å²) in [7, 11) is -1.77. The summed E-state index contributed by atoms with van der Waals surface area (Å²) in [5.74, 6) is -1.42. The number of carbonyl (C=O) groups excluding carboxylic acids is 1. The Kier molecular flexibility index (Phi) is 7.14. The Hall–Kier alpha value is -2.95. The van der Waals surface area contributed by atoms with Gasteiger partial charge in [-0.25, -0.2) is 17.8 Å². The zero-order chi connectivity index (χ0) is 26.3. The molecule has 1 N–H and O–H groups in total. The summed E-state index contributed by atoms with van der Waals surface area (Å²) in [6.07, 6.45) is 4.39. The van der Waals surface area contributed by atoms with E-state index in [2.05, 4.69) is 16.9 Å². The molecule has 0 radical (unpaired) electrons. The zero-order valence-corrected chi connectivity index (χ0v) is 21.4. The first-order valence-corrected chi connectivity index (χ1v) is 13.7. The van der Waals surface area contributed by atoms with E-state index < -0.39 is 38.4 Å². The molecule has 1 atom stereocenters. The maximum absolute atomic E-state index is 15.1. The molecule has 3 aromatic rings. The number of hydrogen-bond donors (Lipinski definition) is 1. The third kappa shape index (κ3) is 5.11. The Bertz CT molecular complexity index is 1470. The van der Waals surface area contributed by atoms with Gasteiger partial charge in [0.25, 0.3) is 5.56 Å². The summed E-state index contributed by atoms with van der Waals surface area (Å²) in [6.45, 7) is 0.980. The van der Waals surface area contributed by atoms with E-state index in [1.807, 2.05) is 24.3 Å². The molecule has 10 heteroatoms. The van der Waals surface area contributed by atoms with Gasteiger partial charge in [0.05, 0.1) is 17.2 Å². The molecule has 1 aliphatic rings. The normalized spacial score (nSPS) is 15.8. The predicted octanol–water partition coefficient (Wildman–Crippen LogP) is 2.55. The first kappa shape index (κ1) is 26.1. The monoisotopic (exact) mass is 515 g/mol. The van der Waals surface area contributed by atoms with Gasteiger partial charge in [-0.15, -0.1) is 0 Å². The van der Waals surface area contributed by atoms with Crippen LogP contribution < -0.4 is 5.56 Å². The van der Waals surface area contributed by atoms with Crippen LogP contribution in [-0.4, -0.2) is 64.5 Å². The fourth-order valence-corrected chi connectivity index (χ4v) is 5.25. The second kappa shape index (κ2) is 9.84.